The first-order chi connectivity index (χ1) is 7.22. The Bertz CT molecular complexity index is 486. The molecule has 2 nitrogen and oxygen atoms in total. The van der Waals surface area contributed by atoms with E-state index in [4.69, 9.17) is 16.0 Å². The lowest BCUT2D eigenvalue weighted by Crippen LogP contribution is -1.86. The van der Waals surface area contributed by atoms with Gasteiger partial charge in [-0.25, -0.2) is 9.37 Å². The lowest BCUT2D eigenvalue weighted by Gasteiger charge is -1.99. The molecule has 0 atom stereocenters. The first kappa shape index (κ1) is 10.6. The van der Waals surface area contributed by atoms with Gasteiger partial charge in [0, 0.05) is 0 Å². The van der Waals surface area contributed by atoms with E-state index in [-0.39, 0.29) is 17.6 Å². The summed E-state index contributed by atoms with van der Waals surface area (Å²) in [7, 11) is 0. The number of nitrogens with zero attached hydrogens (tertiary/aromatic N) is 1. The van der Waals surface area contributed by atoms with Crippen LogP contribution >= 0.6 is 27.5 Å². The zero-order valence-electron chi connectivity index (χ0n) is 7.51. The highest BCUT2D eigenvalue weighted by molar-refractivity contribution is 9.10. The Morgan fingerprint density at radius 3 is 2.93 bits per heavy atom. The van der Waals surface area contributed by atoms with E-state index in [1.165, 1.54) is 6.26 Å². The quantitative estimate of drug-likeness (QED) is 0.782. The van der Waals surface area contributed by atoms with E-state index in [0.717, 1.165) is 0 Å². The Kier molecular flexibility index (Phi) is 3.07. The summed E-state index contributed by atoms with van der Waals surface area (Å²) in [6.07, 6.45) is 1.42. The highest BCUT2D eigenvalue weighted by Crippen LogP contribution is 2.27. The number of alkyl halides is 1. The van der Waals surface area contributed by atoms with Gasteiger partial charge in [0.25, 0.3) is 0 Å². The number of oxazole rings is 1. The van der Waals surface area contributed by atoms with Crippen molar-refractivity contribution in [3.05, 3.63) is 40.4 Å². The maximum absolute atomic E-state index is 13.6. The van der Waals surface area contributed by atoms with Gasteiger partial charge in [-0.05, 0) is 28.1 Å². The Labute approximate surface area is 99.2 Å². The van der Waals surface area contributed by atoms with Crippen LogP contribution in [0.3, 0.4) is 0 Å². The highest BCUT2D eigenvalue weighted by atomic mass is 79.9. The monoisotopic (exact) mass is 289 g/mol. The van der Waals surface area contributed by atoms with Crippen LogP contribution in [-0.4, -0.2) is 4.98 Å². The van der Waals surface area contributed by atoms with E-state index < -0.39 is 0 Å². The van der Waals surface area contributed by atoms with E-state index in [2.05, 4.69) is 20.9 Å². The Morgan fingerprint density at radius 1 is 1.47 bits per heavy atom. The predicted molar refractivity (Wildman–Crippen MR) is 59.2 cm³/mol. The third-order valence-electron chi connectivity index (χ3n) is 1.87. The van der Waals surface area contributed by atoms with Crippen molar-refractivity contribution in [2.45, 2.75) is 5.88 Å². The topological polar surface area (TPSA) is 26.0 Å². The predicted octanol–water partition coefficient (Wildman–Crippen LogP) is 3.98. The van der Waals surface area contributed by atoms with Gasteiger partial charge in [0.15, 0.2) is 0 Å². The van der Waals surface area contributed by atoms with Crippen LogP contribution in [0.2, 0.25) is 0 Å². The van der Waals surface area contributed by atoms with Crippen molar-refractivity contribution in [2.24, 2.45) is 0 Å². The van der Waals surface area contributed by atoms with Gasteiger partial charge < -0.3 is 4.42 Å². The molecule has 2 rings (SSSR count). The number of rotatable bonds is 2. The van der Waals surface area contributed by atoms with Gasteiger partial charge in [0.05, 0.1) is 21.6 Å². The number of hydrogen-bond donors (Lipinski definition) is 0. The molecule has 0 bridgehead atoms. The molecule has 0 amide bonds. The van der Waals surface area contributed by atoms with Gasteiger partial charge in [-0.2, -0.15) is 0 Å². The van der Waals surface area contributed by atoms with Gasteiger partial charge in [-0.1, -0.05) is 6.07 Å². The molecule has 0 saturated carbocycles. The SMILES string of the molecule is Fc1c(Br)cccc1-c1nc(CCl)co1. The second kappa shape index (κ2) is 4.33. The van der Waals surface area contributed by atoms with Crippen LogP contribution in [0.25, 0.3) is 11.5 Å². The van der Waals surface area contributed by atoms with E-state index in [1.807, 2.05) is 0 Å². The first-order valence-electron chi connectivity index (χ1n) is 4.17. The van der Waals surface area contributed by atoms with Crippen LogP contribution in [0, 0.1) is 5.82 Å². The third kappa shape index (κ3) is 2.06. The molecule has 0 unspecified atom stereocenters. The molecule has 0 aliphatic rings. The van der Waals surface area contributed by atoms with Crippen LogP contribution in [-0.2, 0) is 5.88 Å². The van der Waals surface area contributed by atoms with Crippen molar-refractivity contribution in [3.8, 4) is 11.5 Å². The highest BCUT2D eigenvalue weighted by Gasteiger charge is 2.13. The van der Waals surface area contributed by atoms with Gasteiger partial charge in [-0.3, -0.25) is 0 Å². The zero-order valence-corrected chi connectivity index (χ0v) is 9.85. The number of aromatic nitrogens is 1. The summed E-state index contributed by atoms with van der Waals surface area (Å²) in [6.45, 7) is 0. The van der Waals surface area contributed by atoms with Gasteiger partial charge in [0.2, 0.25) is 5.89 Å². The lowest BCUT2D eigenvalue weighted by atomic mass is 10.2. The molecule has 0 saturated heterocycles. The number of hydrogen-bond acceptors (Lipinski definition) is 2. The fourth-order valence-corrected chi connectivity index (χ4v) is 1.65. The summed E-state index contributed by atoms with van der Waals surface area (Å²) in [5.41, 5.74) is 0.909. The van der Waals surface area contributed by atoms with Crippen molar-refractivity contribution in [3.63, 3.8) is 0 Å². The largest absolute Gasteiger partial charge is 0.444 e. The molecule has 15 heavy (non-hydrogen) atoms. The first-order valence-corrected chi connectivity index (χ1v) is 5.50. The summed E-state index contributed by atoms with van der Waals surface area (Å²) < 4.78 is 19.1. The summed E-state index contributed by atoms with van der Waals surface area (Å²) in [4.78, 5) is 4.04. The second-order valence-corrected chi connectivity index (χ2v) is 4.00. The molecule has 1 aromatic carbocycles. The molecule has 0 N–H and O–H groups in total. The van der Waals surface area contributed by atoms with Gasteiger partial charge in [0.1, 0.15) is 12.1 Å². The second-order valence-electron chi connectivity index (χ2n) is 2.88. The summed E-state index contributed by atoms with van der Waals surface area (Å²) in [5.74, 6) is 0.101. The Morgan fingerprint density at radius 2 is 2.27 bits per heavy atom. The van der Waals surface area contributed by atoms with E-state index in [1.54, 1.807) is 18.2 Å². The van der Waals surface area contributed by atoms with Gasteiger partial charge in [-0.15, -0.1) is 11.6 Å². The molecule has 0 aliphatic carbocycles. The fourth-order valence-electron chi connectivity index (χ4n) is 1.16. The minimum absolute atomic E-state index is 0.240. The van der Waals surface area contributed by atoms with Crippen molar-refractivity contribution in [2.75, 3.05) is 0 Å². The fraction of sp³-hybridized carbons (Fsp3) is 0.100. The van der Waals surface area contributed by atoms with Crippen LogP contribution in [0.1, 0.15) is 5.69 Å². The molecule has 0 spiro atoms. The number of halogens is 3. The molecule has 1 aromatic heterocycles. The molecular formula is C10H6BrClFNO. The van der Waals surface area contributed by atoms with Crippen molar-refractivity contribution in [1.82, 2.24) is 4.98 Å². The minimum atomic E-state index is -0.388. The zero-order chi connectivity index (χ0) is 10.8. The van der Waals surface area contributed by atoms with Crippen LogP contribution in [0.15, 0.2) is 33.4 Å². The standard InChI is InChI=1S/C10H6BrClFNO/c11-8-3-1-2-7(9(8)13)10-14-6(4-12)5-15-10/h1-3,5H,4H2. The summed E-state index contributed by atoms with van der Waals surface area (Å²) >= 11 is 8.67. The molecule has 2 aromatic rings. The number of benzene rings is 1. The van der Waals surface area contributed by atoms with E-state index >= 15 is 0 Å². The van der Waals surface area contributed by atoms with Gasteiger partial charge >= 0.3 is 0 Å². The minimum Gasteiger partial charge on any atom is -0.444 e. The average molecular weight is 291 g/mol. The third-order valence-corrected chi connectivity index (χ3v) is 2.76. The van der Waals surface area contributed by atoms with Crippen LogP contribution < -0.4 is 0 Å². The van der Waals surface area contributed by atoms with Crippen molar-refractivity contribution < 1.29 is 8.81 Å². The van der Waals surface area contributed by atoms with Crippen molar-refractivity contribution >= 4 is 27.5 Å². The Balaban J connectivity index is 2.49. The summed E-state index contributed by atoms with van der Waals surface area (Å²) in [6, 6.07) is 4.93. The molecule has 0 fully saturated rings. The Hall–Kier alpha value is -0.870. The average Bonchev–Trinajstić information content (AvgIpc) is 2.70. The molecule has 5 heteroatoms. The summed E-state index contributed by atoms with van der Waals surface area (Å²) in [5, 5.41) is 0. The molecule has 0 radical (unpaired) electrons. The molecule has 1 heterocycles. The molecule has 78 valence electrons. The van der Waals surface area contributed by atoms with Crippen LogP contribution in [0.5, 0.6) is 0 Å². The molecular weight excluding hydrogens is 284 g/mol. The maximum atomic E-state index is 13.6. The lowest BCUT2D eigenvalue weighted by molar-refractivity contribution is 0.560. The van der Waals surface area contributed by atoms with E-state index in [9.17, 15) is 4.39 Å². The normalized spacial score (nSPS) is 10.6. The van der Waals surface area contributed by atoms with E-state index in [0.29, 0.717) is 15.7 Å². The van der Waals surface area contributed by atoms with Crippen molar-refractivity contribution in [1.29, 1.82) is 0 Å². The smallest absolute Gasteiger partial charge is 0.229 e. The molecule has 0 aliphatic heterocycles. The maximum Gasteiger partial charge on any atom is 0.229 e. The van der Waals surface area contributed by atoms with Crippen LogP contribution in [0.4, 0.5) is 4.39 Å².